The van der Waals surface area contributed by atoms with Crippen LogP contribution in [0.4, 0.5) is 5.69 Å². The lowest BCUT2D eigenvalue weighted by atomic mass is 10.0. The minimum Gasteiger partial charge on any atom is -0.492 e. The van der Waals surface area contributed by atoms with Crippen molar-refractivity contribution < 1.29 is 19.1 Å². The number of amides is 2. The van der Waals surface area contributed by atoms with Gasteiger partial charge in [0.1, 0.15) is 17.2 Å². The molecule has 0 radical (unpaired) electrons. The number of anilines is 1. The quantitative estimate of drug-likeness (QED) is 0.592. The zero-order chi connectivity index (χ0) is 22.5. The Kier molecular flexibility index (Phi) is 7.00. The second kappa shape index (κ2) is 9.69. The van der Waals surface area contributed by atoms with Crippen LogP contribution in [0.5, 0.6) is 11.5 Å². The maximum absolute atomic E-state index is 13.3. The number of nitrogens with one attached hydrogen (secondary N) is 1. The molecular formula is C25H30N2O4. The topological polar surface area (TPSA) is 67.9 Å². The van der Waals surface area contributed by atoms with Gasteiger partial charge in [-0.15, -0.1) is 0 Å². The molecule has 0 aliphatic carbocycles. The van der Waals surface area contributed by atoms with E-state index in [0.717, 1.165) is 0 Å². The average molecular weight is 423 g/mol. The molecule has 3 rings (SSSR count). The van der Waals surface area contributed by atoms with Crippen molar-refractivity contribution in [1.82, 2.24) is 4.90 Å². The number of hydrogen-bond donors (Lipinski definition) is 1. The lowest BCUT2D eigenvalue weighted by Gasteiger charge is -2.18. The summed E-state index contributed by atoms with van der Waals surface area (Å²) in [6.45, 7) is 10.6. The first-order valence-corrected chi connectivity index (χ1v) is 10.7. The molecule has 0 saturated heterocycles. The molecule has 0 bridgehead atoms. The molecule has 1 N–H and O–H groups in total. The minimum atomic E-state index is -0.331. The molecule has 1 aliphatic rings. The molecule has 6 heteroatoms. The van der Waals surface area contributed by atoms with Crippen LogP contribution in [0.15, 0.2) is 54.2 Å². The molecule has 2 aromatic rings. The van der Waals surface area contributed by atoms with Crippen LogP contribution >= 0.6 is 0 Å². The van der Waals surface area contributed by atoms with Crippen LogP contribution in [0.25, 0.3) is 5.57 Å². The fraction of sp³-hybridized carbons (Fsp3) is 0.360. The fourth-order valence-corrected chi connectivity index (χ4v) is 3.45. The van der Waals surface area contributed by atoms with E-state index in [0.29, 0.717) is 41.5 Å². The largest absolute Gasteiger partial charge is 0.492 e. The molecule has 6 nitrogen and oxygen atoms in total. The third kappa shape index (κ3) is 5.08. The van der Waals surface area contributed by atoms with Gasteiger partial charge in [0.25, 0.3) is 11.8 Å². The molecule has 0 atom stereocenters. The van der Waals surface area contributed by atoms with Crippen molar-refractivity contribution in [1.29, 1.82) is 0 Å². The molecule has 0 fully saturated rings. The van der Waals surface area contributed by atoms with Crippen LogP contribution in [0.1, 0.15) is 40.2 Å². The van der Waals surface area contributed by atoms with Gasteiger partial charge in [-0.1, -0.05) is 38.1 Å². The molecule has 2 aromatic carbocycles. The maximum Gasteiger partial charge on any atom is 0.278 e. The average Bonchev–Trinajstić information content (AvgIpc) is 2.94. The van der Waals surface area contributed by atoms with Crippen molar-refractivity contribution in [2.45, 2.75) is 40.7 Å². The van der Waals surface area contributed by atoms with Crippen LogP contribution in [0.2, 0.25) is 0 Å². The molecule has 0 aromatic heterocycles. The number of carbonyl (C=O) groups is 2. The zero-order valence-corrected chi connectivity index (χ0v) is 18.8. The molecule has 0 unspecified atom stereocenters. The van der Waals surface area contributed by atoms with Crippen LogP contribution in [-0.2, 0) is 9.59 Å². The van der Waals surface area contributed by atoms with Crippen molar-refractivity contribution >= 4 is 23.1 Å². The Morgan fingerprint density at radius 2 is 1.61 bits per heavy atom. The van der Waals surface area contributed by atoms with E-state index < -0.39 is 0 Å². The SMILES string of the molecule is CCOc1ccccc1NC1=C(c2ccc(OC(C)C)cc2)C(=O)N(CC(C)C)C1=O. The van der Waals surface area contributed by atoms with Gasteiger partial charge in [-0.2, -0.15) is 0 Å². The predicted octanol–water partition coefficient (Wildman–Crippen LogP) is 4.72. The van der Waals surface area contributed by atoms with Gasteiger partial charge in [-0.05, 0) is 56.5 Å². The zero-order valence-electron chi connectivity index (χ0n) is 18.8. The molecule has 31 heavy (non-hydrogen) atoms. The summed E-state index contributed by atoms with van der Waals surface area (Å²) in [5.41, 5.74) is 1.92. The Labute approximate surface area is 183 Å². The highest BCUT2D eigenvalue weighted by molar-refractivity contribution is 6.36. The summed E-state index contributed by atoms with van der Waals surface area (Å²) in [7, 11) is 0. The first-order valence-electron chi connectivity index (χ1n) is 10.7. The normalized spacial score (nSPS) is 14.1. The Balaban J connectivity index is 2.03. The summed E-state index contributed by atoms with van der Waals surface area (Å²) in [5.74, 6) is 0.868. The summed E-state index contributed by atoms with van der Waals surface area (Å²) in [6.07, 6.45) is 0.0496. The van der Waals surface area contributed by atoms with Gasteiger partial charge in [0.2, 0.25) is 0 Å². The highest BCUT2D eigenvalue weighted by atomic mass is 16.5. The van der Waals surface area contributed by atoms with Crippen LogP contribution in [0, 0.1) is 5.92 Å². The number of benzene rings is 2. The molecular weight excluding hydrogens is 392 g/mol. The van der Waals surface area contributed by atoms with Crippen molar-refractivity contribution in [2.75, 3.05) is 18.5 Å². The molecule has 2 amide bonds. The highest BCUT2D eigenvalue weighted by Gasteiger charge is 2.39. The smallest absolute Gasteiger partial charge is 0.278 e. The summed E-state index contributed by atoms with van der Waals surface area (Å²) < 4.78 is 11.4. The van der Waals surface area contributed by atoms with Crippen LogP contribution < -0.4 is 14.8 Å². The maximum atomic E-state index is 13.3. The molecule has 1 aliphatic heterocycles. The number of imide groups is 1. The Morgan fingerprint density at radius 1 is 0.935 bits per heavy atom. The van der Waals surface area contributed by atoms with Crippen molar-refractivity contribution in [2.24, 2.45) is 5.92 Å². The van der Waals surface area contributed by atoms with Crippen LogP contribution in [0.3, 0.4) is 0 Å². The number of nitrogens with zero attached hydrogens (tertiary/aromatic N) is 1. The summed E-state index contributed by atoms with van der Waals surface area (Å²) in [4.78, 5) is 27.8. The molecule has 0 spiro atoms. The highest BCUT2D eigenvalue weighted by Crippen LogP contribution is 2.34. The monoisotopic (exact) mass is 422 g/mol. The lowest BCUT2D eigenvalue weighted by molar-refractivity contribution is -0.137. The van der Waals surface area contributed by atoms with Gasteiger partial charge in [0, 0.05) is 6.54 Å². The van der Waals surface area contributed by atoms with Gasteiger partial charge in [0.05, 0.1) is 24.0 Å². The van der Waals surface area contributed by atoms with E-state index in [4.69, 9.17) is 9.47 Å². The van der Waals surface area contributed by atoms with E-state index in [2.05, 4.69) is 5.32 Å². The van der Waals surface area contributed by atoms with Crippen molar-refractivity contribution in [3.63, 3.8) is 0 Å². The fourth-order valence-electron chi connectivity index (χ4n) is 3.45. The minimum absolute atomic E-state index is 0.0496. The van der Waals surface area contributed by atoms with E-state index in [1.807, 2.05) is 83.1 Å². The third-order valence-electron chi connectivity index (χ3n) is 4.68. The van der Waals surface area contributed by atoms with E-state index >= 15 is 0 Å². The van der Waals surface area contributed by atoms with E-state index in [1.165, 1.54) is 4.90 Å². The first kappa shape index (κ1) is 22.4. The molecule has 0 saturated carbocycles. The Bertz CT molecular complexity index is 977. The number of rotatable bonds is 9. The first-order chi connectivity index (χ1) is 14.8. The standard InChI is InChI=1S/C25H30N2O4/c1-6-30-21-10-8-7-9-20(21)26-23-22(24(28)27(25(23)29)15-16(2)3)18-11-13-19(14-12-18)31-17(4)5/h7-14,16-17,26H,6,15H2,1-5H3. The number of ether oxygens (including phenoxy) is 2. The van der Waals surface area contributed by atoms with Gasteiger partial charge >= 0.3 is 0 Å². The second-order valence-electron chi connectivity index (χ2n) is 8.11. The summed E-state index contributed by atoms with van der Waals surface area (Å²) in [5, 5.41) is 3.18. The number of hydrogen-bond acceptors (Lipinski definition) is 5. The van der Waals surface area contributed by atoms with Crippen molar-refractivity contribution in [3.8, 4) is 11.5 Å². The van der Waals surface area contributed by atoms with Crippen LogP contribution in [-0.4, -0.2) is 36.0 Å². The van der Waals surface area contributed by atoms with Gasteiger partial charge in [-0.25, -0.2) is 0 Å². The summed E-state index contributed by atoms with van der Waals surface area (Å²) >= 11 is 0. The lowest BCUT2D eigenvalue weighted by Crippen LogP contribution is -2.35. The van der Waals surface area contributed by atoms with Gasteiger partial charge < -0.3 is 14.8 Å². The van der Waals surface area contributed by atoms with E-state index in [-0.39, 0.29) is 29.5 Å². The Hall–Kier alpha value is -3.28. The van der Waals surface area contributed by atoms with Crippen molar-refractivity contribution in [3.05, 3.63) is 59.8 Å². The van der Waals surface area contributed by atoms with E-state index in [1.54, 1.807) is 0 Å². The van der Waals surface area contributed by atoms with Gasteiger partial charge in [0.15, 0.2) is 0 Å². The second-order valence-corrected chi connectivity index (χ2v) is 8.11. The predicted molar refractivity (Wildman–Crippen MR) is 122 cm³/mol. The summed E-state index contributed by atoms with van der Waals surface area (Å²) in [6, 6.07) is 14.6. The molecule has 1 heterocycles. The molecule has 164 valence electrons. The number of carbonyl (C=O) groups excluding carboxylic acids is 2. The number of para-hydroxylation sites is 2. The third-order valence-corrected chi connectivity index (χ3v) is 4.68. The Morgan fingerprint density at radius 3 is 2.23 bits per heavy atom. The van der Waals surface area contributed by atoms with Gasteiger partial charge in [-0.3, -0.25) is 14.5 Å². The van der Waals surface area contributed by atoms with E-state index in [9.17, 15) is 9.59 Å².